The van der Waals surface area contributed by atoms with Crippen LogP contribution in [-0.4, -0.2) is 55.1 Å². The van der Waals surface area contributed by atoms with Crippen molar-refractivity contribution in [1.82, 2.24) is 0 Å². The van der Waals surface area contributed by atoms with Crippen molar-refractivity contribution < 1.29 is 43.2 Å². The van der Waals surface area contributed by atoms with Crippen LogP contribution in [0.4, 0.5) is 4.79 Å². The number of hydrogen-bond donors (Lipinski definition) is 1. The Balaban J connectivity index is 3.69. The van der Waals surface area contributed by atoms with Gasteiger partial charge in [0.1, 0.15) is 0 Å². The molecule has 9 heteroatoms. The standard InChI is InChI=1S/C14H22O9/c1-3-20-14(19)23-10(2)13(18)22-9-5-7-12(17)21-8-4-6-11(15)16/h10H,3-9H2,1-2H3,(H,15,16). The van der Waals surface area contributed by atoms with Gasteiger partial charge in [0, 0.05) is 12.8 Å². The van der Waals surface area contributed by atoms with Gasteiger partial charge in [0.05, 0.1) is 19.8 Å². The number of carbonyl (C=O) groups excluding carboxylic acids is 3. The maximum Gasteiger partial charge on any atom is 0.509 e. The van der Waals surface area contributed by atoms with Crippen molar-refractivity contribution in [2.24, 2.45) is 0 Å². The highest BCUT2D eigenvalue weighted by Crippen LogP contribution is 2.01. The monoisotopic (exact) mass is 334 g/mol. The zero-order valence-corrected chi connectivity index (χ0v) is 13.2. The summed E-state index contributed by atoms with van der Waals surface area (Å²) in [5.41, 5.74) is 0. The summed E-state index contributed by atoms with van der Waals surface area (Å²) in [4.78, 5) is 44.0. The van der Waals surface area contributed by atoms with Crippen molar-refractivity contribution in [3.8, 4) is 0 Å². The van der Waals surface area contributed by atoms with Gasteiger partial charge >= 0.3 is 24.1 Å². The van der Waals surface area contributed by atoms with Gasteiger partial charge in [0.2, 0.25) is 0 Å². The number of carboxylic acid groups (broad SMARTS) is 1. The first kappa shape index (κ1) is 20.7. The van der Waals surface area contributed by atoms with E-state index in [4.69, 9.17) is 14.6 Å². The molecule has 0 aliphatic rings. The number of carboxylic acids is 1. The minimum atomic E-state index is -1.10. The van der Waals surface area contributed by atoms with E-state index < -0.39 is 30.2 Å². The zero-order chi connectivity index (χ0) is 17.7. The summed E-state index contributed by atoms with van der Waals surface area (Å²) < 4.78 is 18.8. The van der Waals surface area contributed by atoms with Gasteiger partial charge in [-0.05, 0) is 26.7 Å². The van der Waals surface area contributed by atoms with Crippen LogP contribution in [0.25, 0.3) is 0 Å². The van der Waals surface area contributed by atoms with Crippen molar-refractivity contribution >= 4 is 24.1 Å². The van der Waals surface area contributed by atoms with Crippen LogP contribution in [-0.2, 0) is 33.3 Å². The first-order valence-corrected chi connectivity index (χ1v) is 7.24. The fourth-order valence-electron chi connectivity index (χ4n) is 1.33. The lowest BCUT2D eigenvalue weighted by molar-refractivity contribution is -0.155. The SMILES string of the molecule is CCOC(=O)OC(C)C(=O)OCCCC(=O)OCCCC(=O)O. The van der Waals surface area contributed by atoms with E-state index in [9.17, 15) is 19.2 Å². The largest absolute Gasteiger partial charge is 0.509 e. The van der Waals surface area contributed by atoms with Crippen molar-refractivity contribution in [1.29, 1.82) is 0 Å². The van der Waals surface area contributed by atoms with E-state index in [0.717, 1.165) is 0 Å². The van der Waals surface area contributed by atoms with Gasteiger partial charge in [-0.3, -0.25) is 9.59 Å². The van der Waals surface area contributed by atoms with E-state index >= 15 is 0 Å². The van der Waals surface area contributed by atoms with E-state index in [1.165, 1.54) is 6.92 Å². The number of carbonyl (C=O) groups is 4. The Morgan fingerprint density at radius 2 is 1.57 bits per heavy atom. The Kier molecular flexibility index (Phi) is 11.0. The van der Waals surface area contributed by atoms with E-state index in [1.54, 1.807) is 6.92 Å². The number of ether oxygens (including phenoxy) is 4. The molecule has 0 radical (unpaired) electrons. The third-order valence-corrected chi connectivity index (χ3v) is 2.43. The van der Waals surface area contributed by atoms with E-state index in [-0.39, 0.29) is 45.5 Å². The average molecular weight is 334 g/mol. The van der Waals surface area contributed by atoms with Crippen LogP contribution in [0, 0.1) is 0 Å². The third kappa shape index (κ3) is 12.0. The second kappa shape index (κ2) is 12.2. The lowest BCUT2D eigenvalue weighted by atomic mass is 10.3. The summed E-state index contributed by atoms with van der Waals surface area (Å²) in [7, 11) is 0. The van der Waals surface area contributed by atoms with Crippen LogP contribution >= 0.6 is 0 Å². The second-order valence-electron chi connectivity index (χ2n) is 4.43. The Hall–Kier alpha value is -2.32. The number of rotatable bonds is 11. The fraction of sp³-hybridized carbons (Fsp3) is 0.714. The number of esters is 2. The number of aliphatic carboxylic acids is 1. The van der Waals surface area contributed by atoms with Gasteiger partial charge in [0.15, 0.2) is 6.10 Å². The highest BCUT2D eigenvalue weighted by Gasteiger charge is 2.19. The van der Waals surface area contributed by atoms with E-state index in [1.807, 2.05) is 0 Å². The molecule has 1 unspecified atom stereocenters. The molecule has 9 nitrogen and oxygen atoms in total. The quantitative estimate of drug-likeness (QED) is 0.338. The molecule has 0 fully saturated rings. The molecule has 1 atom stereocenters. The van der Waals surface area contributed by atoms with Crippen LogP contribution in [0.15, 0.2) is 0 Å². The molecular weight excluding hydrogens is 312 g/mol. The van der Waals surface area contributed by atoms with Gasteiger partial charge in [-0.25, -0.2) is 9.59 Å². The fourth-order valence-corrected chi connectivity index (χ4v) is 1.33. The Morgan fingerprint density at radius 3 is 2.17 bits per heavy atom. The molecule has 0 aromatic carbocycles. The molecular formula is C14H22O9. The molecule has 0 aliphatic heterocycles. The number of hydrogen-bond acceptors (Lipinski definition) is 8. The van der Waals surface area contributed by atoms with Crippen molar-refractivity contribution in [3.05, 3.63) is 0 Å². The topological polar surface area (TPSA) is 125 Å². The highest BCUT2D eigenvalue weighted by atomic mass is 16.7. The maximum atomic E-state index is 11.5. The van der Waals surface area contributed by atoms with Gasteiger partial charge in [-0.1, -0.05) is 0 Å². The molecule has 1 N–H and O–H groups in total. The van der Waals surface area contributed by atoms with Crippen LogP contribution in [0.2, 0.25) is 0 Å². The van der Waals surface area contributed by atoms with Crippen LogP contribution in [0.5, 0.6) is 0 Å². The molecule has 0 heterocycles. The third-order valence-electron chi connectivity index (χ3n) is 2.43. The van der Waals surface area contributed by atoms with Crippen LogP contribution < -0.4 is 0 Å². The molecule has 0 amide bonds. The van der Waals surface area contributed by atoms with Gasteiger partial charge < -0.3 is 24.1 Å². The minimum absolute atomic E-state index is 0.0282. The maximum absolute atomic E-state index is 11.5. The van der Waals surface area contributed by atoms with Gasteiger partial charge in [-0.15, -0.1) is 0 Å². The van der Waals surface area contributed by atoms with Crippen LogP contribution in [0.3, 0.4) is 0 Å². The Bertz CT molecular complexity index is 405. The normalized spacial score (nSPS) is 11.2. The summed E-state index contributed by atoms with van der Waals surface area (Å²) in [5, 5.41) is 8.41. The average Bonchev–Trinajstić information content (AvgIpc) is 2.47. The summed E-state index contributed by atoms with van der Waals surface area (Å²) in [6.07, 6.45) is -1.59. The molecule has 0 aliphatic carbocycles. The molecule has 0 aromatic heterocycles. The molecule has 0 bridgehead atoms. The molecule has 0 saturated heterocycles. The lowest BCUT2D eigenvalue weighted by Gasteiger charge is -2.12. The van der Waals surface area contributed by atoms with E-state index in [0.29, 0.717) is 0 Å². The Labute approximate surface area is 133 Å². The van der Waals surface area contributed by atoms with Crippen molar-refractivity contribution in [2.75, 3.05) is 19.8 Å². The van der Waals surface area contributed by atoms with E-state index in [2.05, 4.69) is 9.47 Å². The molecule has 23 heavy (non-hydrogen) atoms. The predicted octanol–water partition coefficient (Wildman–Crippen LogP) is 1.28. The summed E-state index contributed by atoms with van der Waals surface area (Å²) in [6.45, 7) is 3.09. The second-order valence-corrected chi connectivity index (χ2v) is 4.43. The summed E-state index contributed by atoms with van der Waals surface area (Å²) in [6, 6.07) is 0. The van der Waals surface area contributed by atoms with Gasteiger partial charge in [0.25, 0.3) is 0 Å². The highest BCUT2D eigenvalue weighted by molar-refractivity contribution is 5.77. The summed E-state index contributed by atoms with van der Waals surface area (Å²) in [5.74, 6) is -2.19. The first-order chi connectivity index (χ1) is 10.9. The predicted molar refractivity (Wildman–Crippen MR) is 75.6 cm³/mol. The molecule has 0 rings (SSSR count). The lowest BCUT2D eigenvalue weighted by Crippen LogP contribution is -2.27. The van der Waals surface area contributed by atoms with Crippen molar-refractivity contribution in [2.45, 2.75) is 45.6 Å². The Morgan fingerprint density at radius 1 is 0.957 bits per heavy atom. The smallest absolute Gasteiger partial charge is 0.481 e. The van der Waals surface area contributed by atoms with Gasteiger partial charge in [-0.2, -0.15) is 0 Å². The van der Waals surface area contributed by atoms with Crippen molar-refractivity contribution in [3.63, 3.8) is 0 Å². The minimum Gasteiger partial charge on any atom is -0.481 e. The molecule has 0 spiro atoms. The molecule has 132 valence electrons. The summed E-state index contributed by atoms with van der Waals surface area (Å²) >= 11 is 0. The van der Waals surface area contributed by atoms with Crippen LogP contribution in [0.1, 0.15) is 39.5 Å². The molecule has 0 saturated carbocycles. The first-order valence-electron chi connectivity index (χ1n) is 7.24. The molecule has 0 aromatic rings. The zero-order valence-electron chi connectivity index (χ0n) is 13.2.